The third kappa shape index (κ3) is 9.07. The zero-order valence-electron chi connectivity index (χ0n) is 9.61. The SMILES string of the molecule is CCCCCCCCSCC(=O)C(F)(F)F. The van der Waals surface area contributed by atoms with Crippen LogP contribution in [0.4, 0.5) is 13.2 Å². The number of halogens is 3. The lowest BCUT2D eigenvalue weighted by Crippen LogP contribution is -2.24. The molecule has 0 aromatic heterocycles. The van der Waals surface area contributed by atoms with Crippen molar-refractivity contribution < 1.29 is 18.0 Å². The number of carbonyl (C=O) groups excluding carboxylic acids is 1. The summed E-state index contributed by atoms with van der Waals surface area (Å²) in [6, 6.07) is 0. The summed E-state index contributed by atoms with van der Waals surface area (Å²) in [5, 5.41) is 0. The fourth-order valence-electron chi connectivity index (χ4n) is 1.23. The number of hydrogen-bond donors (Lipinski definition) is 0. The summed E-state index contributed by atoms with van der Waals surface area (Å²) in [5.74, 6) is -1.41. The molecule has 1 nitrogen and oxygen atoms in total. The molecule has 0 spiro atoms. The van der Waals surface area contributed by atoms with Crippen molar-refractivity contribution in [1.82, 2.24) is 0 Å². The minimum absolute atomic E-state index is 0.432. The summed E-state index contributed by atoms with van der Waals surface area (Å²) in [6.45, 7) is 2.14. The van der Waals surface area contributed by atoms with Crippen LogP contribution < -0.4 is 0 Å². The van der Waals surface area contributed by atoms with Gasteiger partial charge >= 0.3 is 6.18 Å². The predicted octanol–water partition coefficient (Wildman–Crippen LogP) is 4.21. The highest BCUT2D eigenvalue weighted by atomic mass is 32.2. The summed E-state index contributed by atoms with van der Waals surface area (Å²) < 4.78 is 35.4. The van der Waals surface area contributed by atoms with E-state index in [9.17, 15) is 18.0 Å². The fraction of sp³-hybridized carbons (Fsp3) is 0.909. The van der Waals surface area contributed by atoms with Crippen LogP contribution in [-0.2, 0) is 4.79 Å². The van der Waals surface area contributed by atoms with E-state index in [-0.39, 0.29) is 0 Å². The Bertz CT molecular complexity index is 192. The van der Waals surface area contributed by atoms with Gasteiger partial charge in [0.25, 0.3) is 0 Å². The number of ketones is 1. The summed E-state index contributed by atoms with van der Waals surface area (Å²) in [7, 11) is 0. The maximum Gasteiger partial charge on any atom is 0.450 e. The fourth-order valence-corrected chi connectivity index (χ4v) is 2.13. The van der Waals surface area contributed by atoms with Gasteiger partial charge in [-0.2, -0.15) is 24.9 Å². The van der Waals surface area contributed by atoms with E-state index >= 15 is 0 Å². The van der Waals surface area contributed by atoms with Crippen LogP contribution in [0.15, 0.2) is 0 Å². The lowest BCUT2D eigenvalue weighted by molar-refractivity contribution is -0.167. The first kappa shape index (κ1) is 15.8. The van der Waals surface area contributed by atoms with Gasteiger partial charge < -0.3 is 0 Å². The molecule has 0 N–H and O–H groups in total. The van der Waals surface area contributed by atoms with Crippen molar-refractivity contribution in [1.29, 1.82) is 0 Å². The van der Waals surface area contributed by atoms with Gasteiger partial charge in [0.2, 0.25) is 5.78 Å². The smallest absolute Gasteiger partial charge is 0.289 e. The molecule has 5 heteroatoms. The van der Waals surface area contributed by atoms with E-state index in [1.807, 2.05) is 0 Å². The van der Waals surface area contributed by atoms with Crippen LogP contribution in [0.3, 0.4) is 0 Å². The van der Waals surface area contributed by atoms with E-state index < -0.39 is 17.7 Å². The standard InChI is InChI=1S/C11H19F3OS/c1-2-3-4-5-6-7-8-16-9-10(15)11(12,13)14/h2-9H2,1H3. The number of hydrogen-bond acceptors (Lipinski definition) is 2. The molecule has 0 aliphatic heterocycles. The van der Waals surface area contributed by atoms with Crippen molar-refractivity contribution in [2.24, 2.45) is 0 Å². The van der Waals surface area contributed by atoms with E-state index in [1.54, 1.807) is 0 Å². The highest BCUT2D eigenvalue weighted by molar-refractivity contribution is 7.99. The van der Waals surface area contributed by atoms with Gasteiger partial charge in [-0.3, -0.25) is 4.79 Å². The minimum Gasteiger partial charge on any atom is -0.289 e. The number of alkyl halides is 3. The summed E-state index contributed by atoms with van der Waals surface area (Å²) in [4.78, 5) is 10.5. The molecule has 0 aliphatic carbocycles. The number of thioether (sulfide) groups is 1. The maximum atomic E-state index is 11.8. The average Bonchev–Trinajstić information content (AvgIpc) is 2.20. The Labute approximate surface area is 99.2 Å². The minimum atomic E-state index is -4.66. The third-order valence-corrected chi connectivity index (χ3v) is 3.24. The Balaban J connectivity index is 3.25. The molecule has 0 saturated heterocycles. The first-order chi connectivity index (χ1) is 7.48. The van der Waals surface area contributed by atoms with Crippen LogP contribution in [-0.4, -0.2) is 23.5 Å². The highest BCUT2D eigenvalue weighted by Gasteiger charge is 2.37. The molecule has 0 bridgehead atoms. The molecule has 0 heterocycles. The van der Waals surface area contributed by atoms with Crippen molar-refractivity contribution >= 4 is 17.5 Å². The van der Waals surface area contributed by atoms with Crippen molar-refractivity contribution in [2.45, 2.75) is 51.6 Å². The number of Topliss-reactive ketones (excluding diaryl/α,β-unsaturated/α-hetero) is 1. The van der Waals surface area contributed by atoms with Gasteiger partial charge in [0, 0.05) is 0 Å². The Kier molecular flexibility index (Phi) is 8.80. The van der Waals surface area contributed by atoms with Gasteiger partial charge in [-0.15, -0.1) is 0 Å². The Hall–Kier alpha value is -0.190. The van der Waals surface area contributed by atoms with E-state index in [1.165, 1.54) is 19.3 Å². The molecule has 0 fully saturated rings. The van der Waals surface area contributed by atoms with Gasteiger partial charge in [-0.05, 0) is 12.2 Å². The van der Waals surface area contributed by atoms with E-state index in [0.717, 1.165) is 31.0 Å². The zero-order valence-corrected chi connectivity index (χ0v) is 10.4. The molecule has 0 saturated carbocycles. The normalized spacial score (nSPS) is 11.8. The lowest BCUT2D eigenvalue weighted by atomic mass is 10.1. The van der Waals surface area contributed by atoms with E-state index in [2.05, 4.69) is 6.92 Å². The maximum absolute atomic E-state index is 11.8. The zero-order chi connectivity index (χ0) is 12.4. The van der Waals surface area contributed by atoms with Crippen LogP contribution in [0.2, 0.25) is 0 Å². The molecule has 0 atom stereocenters. The van der Waals surface area contributed by atoms with Gasteiger partial charge in [-0.25, -0.2) is 0 Å². The molecule has 0 radical (unpaired) electrons. The van der Waals surface area contributed by atoms with Crippen LogP contribution in [0, 0.1) is 0 Å². The Morgan fingerprint density at radius 2 is 1.62 bits per heavy atom. The summed E-state index contributed by atoms with van der Waals surface area (Å²) in [5.41, 5.74) is 0. The van der Waals surface area contributed by atoms with Crippen molar-refractivity contribution in [3.63, 3.8) is 0 Å². The third-order valence-electron chi connectivity index (χ3n) is 2.19. The topological polar surface area (TPSA) is 17.1 Å². The number of rotatable bonds is 9. The molecule has 16 heavy (non-hydrogen) atoms. The Morgan fingerprint density at radius 3 is 2.19 bits per heavy atom. The molecular weight excluding hydrogens is 237 g/mol. The summed E-state index contributed by atoms with van der Waals surface area (Å²) >= 11 is 1.08. The molecule has 0 amide bonds. The second-order valence-corrected chi connectivity index (χ2v) is 4.85. The lowest BCUT2D eigenvalue weighted by Gasteiger charge is -2.04. The van der Waals surface area contributed by atoms with Crippen LogP contribution in [0.25, 0.3) is 0 Å². The predicted molar refractivity (Wildman–Crippen MR) is 61.8 cm³/mol. The van der Waals surface area contributed by atoms with Crippen molar-refractivity contribution in [3.8, 4) is 0 Å². The van der Waals surface area contributed by atoms with Gasteiger partial charge in [0.05, 0.1) is 5.75 Å². The van der Waals surface area contributed by atoms with Crippen molar-refractivity contribution in [3.05, 3.63) is 0 Å². The second-order valence-electron chi connectivity index (χ2n) is 3.74. The van der Waals surface area contributed by atoms with Crippen LogP contribution >= 0.6 is 11.8 Å². The molecule has 96 valence electrons. The molecule has 0 unspecified atom stereocenters. The molecule has 0 aliphatic rings. The Morgan fingerprint density at radius 1 is 1.06 bits per heavy atom. The van der Waals surface area contributed by atoms with E-state index in [4.69, 9.17) is 0 Å². The van der Waals surface area contributed by atoms with Gasteiger partial charge in [-0.1, -0.05) is 39.0 Å². The molecule has 0 rings (SSSR count). The first-order valence-corrected chi connectivity index (χ1v) is 6.81. The monoisotopic (exact) mass is 256 g/mol. The number of carbonyl (C=O) groups is 1. The highest BCUT2D eigenvalue weighted by Crippen LogP contribution is 2.19. The van der Waals surface area contributed by atoms with Crippen LogP contribution in [0.5, 0.6) is 0 Å². The first-order valence-electron chi connectivity index (χ1n) is 5.66. The second kappa shape index (κ2) is 8.90. The number of unbranched alkanes of at least 4 members (excludes halogenated alkanes) is 5. The van der Waals surface area contributed by atoms with Gasteiger partial charge in [0.15, 0.2) is 0 Å². The molecule has 0 aromatic rings. The van der Waals surface area contributed by atoms with Crippen LogP contribution in [0.1, 0.15) is 45.4 Å². The van der Waals surface area contributed by atoms with Gasteiger partial charge in [0.1, 0.15) is 0 Å². The molecular formula is C11H19F3OS. The van der Waals surface area contributed by atoms with Crippen molar-refractivity contribution in [2.75, 3.05) is 11.5 Å². The molecule has 0 aromatic carbocycles. The largest absolute Gasteiger partial charge is 0.450 e. The average molecular weight is 256 g/mol. The summed E-state index contributed by atoms with van der Waals surface area (Å²) in [6.07, 6.45) is 2.04. The quantitative estimate of drug-likeness (QED) is 0.575. The van der Waals surface area contributed by atoms with E-state index in [0.29, 0.717) is 5.75 Å².